The van der Waals surface area contributed by atoms with Crippen molar-refractivity contribution >= 4 is 16.9 Å². The zero-order valence-corrected chi connectivity index (χ0v) is 17.8. The van der Waals surface area contributed by atoms with Crippen LogP contribution in [0.3, 0.4) is 0 Å². The Kier molecular flexibility index (Phi) is 5.27. The molecule has 6 nitrogen and oxygen atoms in total. The molecule has 0 aliphatic rings. The molecule has 0 radical (unpaired) electrons. The second-order valence-corrected chi connectivity index (χ2v) is 7.59. The Morgan fingerprint density at radius 1 is 1.00 bits per heavy atom. The lowest BCUT2D eigenvalue weighted by molar-refractivity contribution is 0.505. The van der Waals surface area contributed by atoms with E-state index < -0.39 is 11.6 Å². The number of nitrogen functional groups attached to an aromatic ring is 1. The summed E-state index contributed by atoms with van der Waals surface area (Å²) in [7, 11) is 1.90. The molecule has 0 bridgehead atoms. The van der Waals surface area contributed by atoms with Gasteiger partial charge in [-0.15, -0.1) is 0 Å². The van der Waals surface area contributed by atoms with Crippen LogP contribution in [0, 0.1) is 11.6 Å². The zero-order chi connectivity index (χ0) is 22.9. The average molecular weight is 442 g/mol. The first kappa shape index (κ1) is 20.7. The fourth-order valence-corrected chi connectivity index (χ4v) is 3.85. The van der Waals surface area contributed by atoms with Crippen molar-refractivity contribution in [3.05, 3.63) is 90.4 Å². The first-order valence-corrected chi connectivity index (χ1v) is 10.3. The Hall–Kier alpha value is -4.17. The minimum Gasteiger partial charge on any atom is -0.383 e. The van der Waals surface area contributed by atoms with Crippen molar-refractivity contribution in [2.24, 2.45) is 0 Å². The van der Waals surface area contributed by atoms with Gasteiger partial charge in [0.1, 0.15) is 17.2 Å². The van der Waals surface area contributed by atoms with E-state index in [0.717, 1.165) is 29.3 Å². The Morgan fingerprint density at radius 2 is 1.82 bits per heavy atom. The standard InChI is InChI=1S/C25H20F2N6/c1-29-12-15-5-7-16(8-6-15)17-11-18(24(28)31-13-17)25-32-20-14-30-10-9-21(20)33(25)22-4-2-3-19(26)23(22)27/h2-11,13-14,29H,12H2,1H3,(H2,28,31). The van der Waals surface area contributed by atoms with Gasteiger partial charge in [0, 0.05) is 24.5 Å². The Balaban J connectivity index is 1.71. The highest BCUT2D eigenvalue weighted by Gasteiger charge is 2.21. The van der Waals surface area contributed by atoms with E-state index in [9.17, 15) is 8.78 Å². The summed E-state index contributed by atoms with van der Waals surface area (Å²) in [5.74, 6) is -1.35. The van der Waals surface area contributed by atoms with Crippen LogP contribution >= 0.6 is 0 Å². The first-order chi connectivity index (χ1) is 16.1. The molecule has 0 atom stereocenters. The van der Waals surface area contributed by atoms with Crippen LogP contribution in [-0.4, -0.2) is 26.6 Å². The van der Waals surface area contributed by atoms with Gasteiger partial charge in [0.2, 0.25) is 0 Å². The number of halogens is 2. The van der Waals surface area contributed by atoms with Crippen molar-refractivity contribution in [1.82, 2.24) is 24.8 Å². The molecular weight excluding hydrogens is 422 g/mol. The SMILES string of the molecule is CNCc1ccc(-c2cnc(N)c(-c3nc4cnccc4n3-c3cccc(F)c3F)c2)cc1. The number of nitrogens with two attached hydrogens (primary N) is 1. The normalized spacial score (nSPS) is 11.2. The minimum absolute atomic E-state index is 0.0277. The van der Waals surface area contributed by atoms with E-state index in [-0.39, 0.29) is 11.5 Å². The van der Waals surface area contributed by atoms with E-state index in [4.69, 9.17) is 5.73 Å². The first-order valence-electron chi connectivity index (χ1n) is 10.3. The van der Waals surface area contributed by atoms with Gasteiger partial charge in [-0.3, -0.25) is 9.55 Å². The highest BCUT2D eigenvalue weighted by Crippen LogP contribution is 2.34. The molecule has 5 rings (SSSR count). The minimum atomic E-state index is -0.974. The second kappa shape index (κ2) is 8.40. The van der Waals surface area contributed by atoms with Gasteiger partial charge in [-0.05, 0) is 42.4 Å². The predicted molar refractivity (Wildman–Crippen MR) is 125 cm³/mol. The second-order valence-electron chi connectivity index (χ2n) is 7.59. The van der Waals surface area contributed by atoms with E-state index in [1.165, 1.54) is 12.1 Å². The van der Waals surface area contributed by atoms with Gasteiger partial charge in [-0.2, -0.15) is 0 Å². The van der Waals surface area contributed by atoms with Crippen LogP contribution in [0.2, 0.25) is 0 Å². The molecule has 0 aliphatic heterocycles. The van der Waals surface area contributed by atoms with Crippen LogP contribution in [0.5, 0.6) is 0 Å². The van der Waals surface area contributed by atoms with Crippen molar-refractivity contribution in [2.75, 3.05) is 12.8 Å². The Labute approximate surface area is 188 Å². The van der Waals surface area contributed by atoms with Gasteiger partial charge in [0.15, 0.2) is 11.6 Å². The number of anilines is 1. The molecule has 0 unspecified atom stereocenters. The van der Waals surface area contributed by atoms with E-state index in [1.807, 2.05) is 37.4 Å². The van der Waals surface area contributed by atoms with E-state index in [0.29, 0.717) is 22.4 Å². The lowest BCUT2D eigenvalue weighted by Crippen LogP contribution is -2.05. The lowest BCUT2D eigenvalue weighted by Gasteiger charge is -2.13. The molecule has 2 aromatic carbocycles. The molecule has 3 N–H and O–H groups in total. The molecule has 3 heterocycles. The number of fused-ring (bicyclic) bond motifs is 1. The topological polar surface area (TPSA) is 81.7 Å². The summed E-state index contributed by atoms with van der Waals surface area (Å²) in [6, 6.07) is 15.7. The fraction of sp³-hybridized carbons (Fsp3) is 0.0800. The molecule has 0 fully saturated rings. The van der Waals surface area contributed by atoms with Crippen molar-refractivity contribution < 1.29 is 8.78 Å². The Bertz CT molecular complexity index is 1460. The summed E-state index contributed by atoms with van der Waals surface area (Å²) in [5.41, 5.74) is 10.8. The molecule has 3 aromatic heterocycles. The summed E-state index contributed by atoms with van der Waals surface area (Å²) in [4.78, 5) is 13.1. The summed E-state index contributed by atoms with van der Waals surface area (Å²) >= 11 is 0. The van der Waals surface area contributed by atoms with Crippen LogP contribution in [0.15, 0.2) is 73.2 Å². The van der Waals surface area contributed by atoms with Gasteiger partial charge in [-0.25, -0.2) is 18.7 Å². The number of hydrogen-bond donors (Lipinski definition) is 2. The molecular formula is C25H20F2N6. The maximum atomic E-state index is 14.8. The lowest BCUT2D eigenvalue weighted by atomic mass is 10.0. The van der Waals surface area contributed by atoms with Gasteiger partial charge >= 0.3 is 0 Å². The third-order valence-corrected chi connectivity index (χ3v) is 5.46. The highest BCUT2D eigenvalue weighted by molar-refractivity contribution is 5.86. The average Bonchev–Trinajstić information content (AvgIpc) is 3.21. The summed E-state index contributed by atoms with van der Waals surface area (Å²) in [6.07, 6.45) is 4.83. The molecule has 0 saturated heterocycles. The van der Waals surface area contributed by atoms with Crippen molar-refractivity contribution in [3.63, 3.8) is 0 Å². The fourth-order valence-electron chi connectivity index (χ4n) is 3.85. The number of benzene rings is 2. The summed E-state index contributed by atoms with van der Waals surface area (Å²) in [6.45, 7) is 0.767. The van der Waals surface area contributed by atoms with Gasteiger partial charge in [-0.1, -0.05) is 30.3 Å². The van der Waals surface area contributed by atoms with Crippen LogP contribution in [0.4, 0.5) is 14.6 Å². The smallest absolute Gasteiger partial charge is 0.182 e. The third kappa shape index (κ3) is 3.70. The molecule has 0 amide bonds. The van der Waals surface area contributed by atoms with Gasteiger partial charge in [0.25, 0.3) is 0 Å². The predicted octanol–water partition coefficient (Wildman–Crippen LogP) is 4.73. The Morgan fingerprint density at radius 3 is 2.61 bits per heavy atom. The maximum Gasteiger partial charge on any atom is 0.182 e. The summed E-state index contributed by atoms with van der Waals surface area (Å²) < 4.78 is 30.5. The number of nitrogens with zero attached hydrogens (tertiary/aromatic N) is 4. The third-order valence-electron chi connectivity index (χ3n) is 5.46. The molecule has 33 heavy (non-hydrogen) atoms. The van der Waals surface area contributed by atoms with Gasteiger partial charge < -0.3 is 11.1 Å². The van der Waals surface area contributed by atoms with E-state index >= 15 is 0 Å². The number of aromatic nitrogens is 4. The van der Waals surface area contributed by atoms with Crippen LogP contribution in [0.1, 0.15) is 5.56 Å². The number of rotatable bonds is 5. The molecule has 0 spiro atoms. The van der Waals surface area contributed by atoms with E-state index in [1.54, 1.807) is 29.2 Å². The largest absolute Gasteiger partial charge is 0.383 e. The van der Waals surface area contributed by atoms with E-state index in [2.05, 4.69) is 20.3 Å². The monoisotopic (exact) mass is 442 g/mol. The van der Waals surface area contributed by atoms with Crippen LogP contribution in [0.25, 0.3) is 39.2 Å². The van der Waals surface area contributed by atoms with Crippen molar-refractivity contribution in [2.45, 2.75) is 6.54 Å². The number of pyridine rings is 2. The van der Waals surface area contributed by atoms with Crippen LogP contribution < -0.4 is 11.1 Å². The van der Waals surface area contributed by atoms with Gasteiger partial charge in [0.05, 0.1) is 23.0 Å². The number of hydrogen-bond acceptors (Lipinski definition) is 5. The van der Waals surface area contributed by atoms with Crippen molar-refractivity contribution in [1.29, 1.82) is 0 Å². The molecule has 0 saturated carbocycles. The highest BCUT2D eigenvalue weighted by atomic mass is 19.2. The quantitative estimate of drug-likeness (QED) is 0.411. The number of nitrogens with one attached hydrogen (secondary N) is 1. The van der Waals surface area contributed by atoms with Crippen molar-refractivity contribution in [3.8, 4) is 28.2 Å². The number of imidazole rings is 1. The zero-order valence-electron chi connectivity index (χ0n) is 17.8. The molecule has 8 heteroatoms. The van der Waals surface area contributed by atoms with Crippen LogP contribution in [-0.2, 0) is 6.54 Å². The maximum absolute atomic E-state index is 14.8. The molecule has 0 aliphatic carbocycles. The molecule has 164 valence electrons. The molecule has 5 aromatic rings. The summed E-state index contributed by atoms with van der Waals surface area (Å²) in [5, 5.41) is 3.12.